The number of amides is 2. The van der Waals surface area contributed by atoms with E-state index >= 15 is 0 Å². The number of hydrogen-bond acceptors (Lipinski definition) is 3. The van der Waals surface area contributed by atoms with E-state index in [4.69, 9.17) is 11.0 Å². The summed E-state index contributed by atoms with van der Waals surface area (Å²) < 4.78 is 0. The molecule has 0 aliphatic heterocycles. The first-order valence-corrected chi connectivity index (χ1v) is 4.17. The van der Waals surface area contributed by atoms with E-state index in [9.17, 15) is 9.59 Å². The van der Waals surface area contributed by atoms with Crippen LogP contribution in [0.2, 0.25) is 0 Å². The number of carbonyl (C=O) groups excluding carboxylic acids is 2. The largest absolute Gasteiger partial charge is 0.368 e. The molecule has 0 unspecified atom stereocenters. The van der Waals surface area contributed by atoms with Crippen LogP contribution < -0.4 is 11.1 Å². The zero-order chi connectivity index (χ0) is 11.6. The summed E-state index contributed by atoms with van der Waals surface area (Å²) in [6.45, 7) is 5.92. The van der Waals surface area contributed by atoms with Gasteiger partial charge in [-0.25, -0.2) is 0 Å². The summed E-state index contributed by atoms with van der Waals surface area (Å²) in [7, 11) is 0. The highest BCUT2D eigenvalue weighted by Crippen LogP contribution is 2.15. The van der Waals surface area contributed by atoms with E-state index < -0.39 is 22.8 Å². The Morgan fingerprint density at radius 1 is 1.29 bits per heavy atom. The molecule has 2 amide bonds. The summed E-state index contributed by atoms with van der Waals surface area (Å²) in [5.74, 6) is -1.15. The van der Waals surface area contributed by atoms with E-state index in [0.29, 0.717) is 0 Å². The molecule has 0 atom stereocenters. The zero-order valence-corrected chi connectivity index (χ0v) is 8.84. The van der Waals surface area contributed by atoms with Crippen LogP contribution in [0.1, 0.15) is 27.7 Å². The van der Waals surface area contributed by atoms with Gasteiger partial charge >= 0.3 is 0 Å². The van der Waals surface area contributed by atoms with Gasteiger partial charge in [0.15, 0.2) is 0 Å². The van der Waals surface area contributed by atoms with Gasteiger partial charge in [0.2, 0.25) is 11.8 Å². The van der Waals surface area contributed by atoms with Crippen LogP contribution in [0.3, 0.4) is 0 Å². The van der Waals surface area contributed by atoms with Crippen molar-refractivity contribution < 1.29 is 9.59 Å². The second-order valence-electron chi connectivity index (χ2n) is 4.18. The third kappa shape index (κ3) is 2.73. The van der Waals surface area contributed by atoms with Crippen molar-refractivity contribution in [1.82, 2.24) is 5.32 Å². The van der Waals surface area contributed by atoms with Crippen molar-refractivity contribution in [2.24, 2.45) is 11.1 Å². The van der Waals surface area contributed by atoms with Crippen molar-refractivity contribution in [1.29, 1.82) is 5.26 Å². The molecule has 5 heteroatoms. The molecule has 0 aromatic carbocycles. The van der Waals surface area contributed by atoms with Gasteiger partial charge < -0.3 is 11.1 Å². The standard InChI is InChI=1S/C9H15N3O2/c1-8(2,5-10)7(14)12-9(3,4)6(11)13/h1-4H3,(H2,11,13)(H,12,14). The van der Waals surface area contributed by atoms with E-state index in [-0.39, 0.29) is 0 Å². The number of nitrogens with one attached hydrogen (secondary N) is 1. The Balaban J connectivity index is 4.66. The predicted octanol–water partition coefficient (Wildman–Crippen LogP) is -0.0837. The Bertz CT molecular complexity index is 300. The van der Waals surface area contributed by atoms with Crippen molar-refractivity contribution in [3.8, 4) is 6.07 Å². The van der Waals surface area contributed by atoms with Crippen LogP contribution in [0.4, 0.5) is 0 Å². The van der Waals surface area contributed by atoms with Crippen LogP contribution in [-0.2, 0) is 9.59 Å². The monoisotopic (exact) mass is 197 g/mol. The van der Waals surface area contributed by atoms with Crippen molar-refractivity contribution >= 4 is 11.8 Å². The van der Waals surface area contributed by atoms with Crippen molar-refractivity contribution in [2.75, 3.05) is 0 Å². The lowest BCUT2D eigenvalue weighted by Crippen LogP contribution is -2.55. The fourth-order valence-electron chi connectivity index (χ4n) is 0.552. The van der Waals surface area contributed by atoms with Crippen LogP contribution in [0.5, 0.6) is 0 Å². The molecule has 0 saturated heterocycles. The summed E-state index contributed by atoms with van der Waals surface area (Å²) >= 11 is 0. The molecule has 0 saturated carbocycles. The number of carbonyl (C=O) groups is 2. The third-order valence-corrected chi connectivity index (χ3v) is 1.89. The summed E-state index contributed by atoms with van der Waals surface area (Å²) in [4.78, 5) is 22.4. The Kier molecular flexibility index (Phi) is 3.25. The van der Waals surface area contributed by atoms with Crippen LogP contribution in [0.25, 0.3) is 0 Å². The quantitative estimate of drug-likeness (QED) is 0.662. The van der Waals surface area contributed by atoms with Gasteiger partial charge in [-0.1, -0.05) is 0 Å². The lowest BCUT2D eigenvalue weighted by molar-refractivity contribution is -0.133. The van der Waals surface area contributed by atoms with E-state index in [1.54, 1.807) is 0 Å². The molecule has 5 nitrogen and oxygen atoms in total. The number of primary amides is 1. The van der Waals surface area contributed by atoms with Gasteiger partial charge in [0.05, 0.1) is 6.07 Å². The molecule has 78 valence electrons. The molecule has 14 heavy (non-hydrogen) atoms. The Morgan fingerprint density at radius 3 is 2.00 bits per heavy atom. The van der Waals surface area contributed by atoms with Crippen LogP contribution >= 0.6 is 0 Å². The topological polar surface area (TPSA) is 96.0 Å². The van der Waals surface area contributed by atoms with Gasteiger partial charge in [-0.15, -0.1) is 0 Å². The van der Waals surface area contributed by atoms with E-state index in [2.05, 4.69) is 5.32 Å². The molecule has 0 rings (SSSR count). The van der Waals surface area contributed by atoms with Gasteiger partial charge in [0.25, 0.3) is 0 Å². The van der Waals surface area contributed by atoms with Crippen molar-refractivity contribution in [3.05, 3.63) is 0 Å². The second-order valence-corrected chi connectivity index (χ2v) is 4.18. The minimum atomic E-state index is -1.16. The summed E-state index contributed by atoms with van der Waals surface area (Å²) in [6, 6.07) is 1.84. The molecule has 0 fully saturated rings. The highest BCUT2D eigenvalue weighted by molar-refractivity contribution is 5.92. The molecule has 0 radical (unpaired) electrons. The number of nitriles is 1. The van der Waals surface area contributed by atoms with Gasteiger partial charge in [0, 0.05) is 0 Å². The lowest BCUT2D eigenvalue weighted by atomic mass is 9.92. The molecular weight excluding hydrogens is 182 g/mol. The molecular formula is C9H15N3O2. The molecule has 0 heterocycles. The Labute approximate surface area is 83.3 Å². The molecule has 3 N–H and O–H groups in total. The van der Waals surface area contributed by atoms with E-state index in [1.165, 1.54) is 27.7 Å². The van der Waals surface area contributed by atoms with Crippen LogP contribution in [0, 0.1) is 16.7 Å². The summed E-state index contributed by atoms with van der Waals surface area (Å²) in [5.41, 5.74) is 2.77. The normalized spacial score (nSPS) is 11.6. The fraction of sp³-hybridized carbons (Fsp3) is 0.667. The Morgan fingerprint density at radius 2 is 1.71 bits per heavy atom. The maximum Gasteiger partial charge on any atom is 0.242 e. The third-order valence-electron chi connectivity index (χ3n) is 1.89. The van der Waals surface area contributed by atoms with Crippen molar-refractivity contribution in [3.63, 3.8) is 0 Å². The van der Waals surface area contributed by atoms with Gasteiger partial charge in [-0.3, -0.25) is 9.59 Å². The number of nitrogens with two attached hydrogens (primary N) is 1. The first-order valence-electron chi connectivity index (χ1n) is 4.17. The summed E-state index contributed by atoms with van der Waals surface area (Å²) in [6.07, 6.45) is 0. The smallest absolute Gasteiger partial charge is 0.242 e. The predicted molar refractivity (Wildman–Crippen MR) is 50.8 cm³/mol. The molecule has 0 aliphatic rings. The van der Waals surface area contributed by atoms with Crippen LogP contribution in [-0.4, -0.2) is 17.4 Å². The highest BCUT2D eigenvalue weighted by Gasteiger charge is 2.34. The molecule has 0 aromatic heterocycles. The van der Waals surface area contributed by atoms with Gasteiger partial charge in [-0.05, 0) is 27.7 Å². The SMILES string of the molecule is CC(C)(C#N)C(=O)NC(C)(C)C(N)=O. The van der Waals surface area contributed by atoms with Crippen molar-refractivity contribution in [2.45, 2.75) is 33.2 Å². The molecule has 0 aliphatic carbocycles. The molecule has 0 aromatic rings. The maximum atomic E-state index is 11.5. The first kappa shape index (κ1) is 12.4. The minimum Gasteiger partial charge on any atom is -0.368 e. The Hall–Kier alpha value is -1.57. The number of rotatable bonds is 3. The lowest BCUT2D eigenvalue weighted by Gasteiger charge is -2.26. The second kappa shape index (κ2) is 3.66. The number of nitrogens with zero attached hydrogens (tertiary/aromatic N) is 1. The fourth-order valence-corrected chi connectivity index (χ4v) is 0.552. The summed E-state index contributed by atoms with van der Waals surface area (Å²) in [5, 5.41) is 11.1. The molecule has 0 bridgehead atoms. The number of hydrogen-bond donors (Lipinski definition) is 2. The van der Waals surface area contributed by atoms with E-state index in [1.807, 2.05) is 6.07 Å². The van der Waals surface area contributed by atoms with Gasteiger partial charge in [0.1, 0.15) is 11.0 Å². The highest BCUT2D eigenvalue weighted by atomic mass is 16.2. The zero-order valence-electron chi connectivity index (χ0n) is 8.84. The van der Waals surface area contributed by atoms with Gasteiger partial charge in [-0.2, -0.15) is 5.26 Å². The van der Waals surface area contributed by atoms with E-state index in [0.717, 1.165) is 0 Å². The minimum absolute atomic E-state index is 0.510. The average Bonchev–Trinajstić information content (AvgIpc) is 2.03. The first-order chi connectivity index (χ1) is 6.13. The maximum absolute atomic E-state index is 11.5. The average molecular weight is 197 g/mol. The molecule has 0 spiro atoms. The van der Waals surface area contributed by atoms with Crippen LogP contribution in [0.15, 0.2) is 0 Å².